The summed E-state index contributed by atoms with van der Waals surface area (Å²) >= 11 is 0. The van der Waals surface area contributed by atoms with Crippen molar-refractivity contribution in [2.24, 2.45) is 0 Å². The fourth-order valence-electron chi connectivity index (χ4n) is 0.627. The molecule has 0 unspecified atom stereocenters. The minimum Gasteiger partial charge on any atom is -0.405 e. The maximum Gasteiger partial charge on any atom is 0.344 e. The van der Waals surface area contributed by atoms with E-state index in [1.165, 1.54) is 20.0 Å². The third kappa shape index (κ3) is 2.83. The van der Waals surface area contributed by atoms with E-state index in [1.807, 2.05) is 0 Å². The highest BCUT2D eigenvalue weighted by atomic mass is 16.6. The Morgan fingerprint density at radius 3 is 2.69 bits per heavy atom. The number of rotatable bonds is 2. The number of aromatic nitrogens is 1. The van der Waals surface area contributed by atoms with Gasteiger partial charge in [0.2, 0.25) is 5.88 Å². The molecule has 0 aliphatic carbocycles. The first-order valence-corrected chi connectivity index (χ1v) is 3.86. The normalized spacial score (nSPS) is 11.0. The average molecular weight is 181 g/mol. The Morgan fingerprint density at radius 2 is 2.23 bits per heavy atom. The zero-order valence-electron chi connectivity index (χ0n) is 7.52. The van der Waals surface area contributed by atoms with Crippen LogP contribution < -0.4 is 4.74 Å². The summed E-state index contributed by atoms with van der Waals surface area (Å²) in [4.78, 5) is 14.9. The van der Waals surface area contributed by atoms with Crippen molar-refractivity contribution in [3.05, 3.63) is 24.4 Å². The van der Waals surface area contributed by atoms with E-state index < -0.39 is 11.6 Å². The number of hydrogen-bond acceptors (Lipinski definition) is 4. The molecule has 1 rings (SSSR count). The van der Waals surface area contributed by atoms with Gasteiger partial charge in [0.25, 0.3) is 0 Å². The molecule has 1 N–H and O–H groups in total. The first kappa shape index (κ1) is 9.67. The predicted molar refractivity (Wildman–Crippen MR) is 46.2 cm³/mol. The van der Waals surface area contributed by atoms with Gasteiger partial charge < -0.3 is 9.84 Å². The summed E-state index contributed by atoms with van der Waals surface area (Å²) in [5.41, 5.74) is -1.49. The van der Waals surface area contributed by atoms with Gasteiger partial charge in [-0.05, 0) is 19.9 Å². The summed E-state index contributed by atoms with van der Waals surface area (Å²) in [5, 5.41) is 9.25. The van der Waals surface area contributed by atoms with Crippen molar-refractivity contribution in [2.75, 3.05) is 0 Å². The maximum absolute atomic E-state index is 11.1. The molecule has 0 spiro atoms. The number of carbonyl (C=O) groups is 1. The molecular formula is C9H11NO3. The molecule has 0 fully saturated rings. The van der Waals surface area contributed by atoms with Crippen molar-refractivity contribution in [3.63, 3.8) is 0 Å². The fraction of sp³-hybridized carbons (Fsp3) is 0.333. The Morgan fingerprint density at radius 1 is 1.54 bits per heavy atom. The van der Waals surface area contributed by atoms with Gasteiger partial charge in [0, 0.05) is 12.3 Å². The molecular weight excluding hydrogens is 170 g/mol. The summed E-state index contributed by atoms with van der Waals surface area (Å²) in [6, 6.07) is 4.95. The van der Waals surface area contributed by atoms with Crippen LogP contribution in [-0.2, 0) is 4.79 Å². The van der Waals surface area contributed by atoms with Crippen LogP contribution in [0.4, 0.5) is 0 Å². The Labute approximate surface area is 76.2 Å². The predicted octanol–water partition coefficient (Wildman–Crippen LogP) is 0.758. The van der Waals surface area contributed by atoms with E-state index in [2.05, 4.69) is 4.98 Å². The summed E-state index contributed by atoms with van der Waals surface area (Å²) < 4.78 is 4.78. The lowest BCUT2D eigenvalue weighted by Gasteiger charge is -2.14. The van der Waals surface area contributed by atoms with Gasteiger partial charge >= 0.3 is 5.97 Å². The van der Waals surface area contributed by atoms with Gasteiger partial charge in [-0.15, -0.1) is 0 Å². The lowest BCUT2D eigenvalue weighted by molar-refractivity contribution is -0.151. The standard InChI is InChI=1S/C9H11NO3/c1-9(2,12)8(11)13-7-5-3-4-6-10-7/h3-6,12H,1-2H3. The molecule has 1 aromatic heterocycles. The minimum atomic E-state index is -1.49. The molecule has 0 amide bonds. The van der Waals surface area contributed by atoms with Crippen LogP contribution >= 0.6 is 0 Å². The largest absolute Gasteiger partial charge is 0.405 e. The highest BCUT2D eigenvalue weighted by Crippen LogP contribution is 2.09. The zero-order chi connectivity index (χ0) is 9.90. The second-order valence-corrected chi connectivity index (χ2v) is 3.12. The van der Waals surface area contributed by atoms with Crippen LogP contribution in [0.25, 0.3) is 0 Å². The number of esters is 1. The Hall–Kier alpha value is -1.42. The number of pyridine rings is 1. The van der Waals surface area contributed by atoms with Gasteiger partial charge in [-0.25, -0.2) is 9.78 Å². The van der Waals surface area contributed by atoms with E-state index in [9.17, 15) is 9.90 Å². The molecule has 4 nitrogen and oxygen atoms in total. The fourth-order valence-corrected chi connectivity index (χ4v) is 0.627. The lowest BCUT2D eigenvalue weighted by atomic mass is 10.1. The Bertz CT molecular complexity index is 289. The van der Waals surface area contributed by atoms with Crippen molar-refractivity contribution in [1.82, 2.24) is 4.98 Å². The van der Waals surface area contributed by atoms with Crippen LogP contribution in [-0.4, -0.2) is 21.7 Å². The van der Waals surface area contributed by atoms with Gasteiger partial charge in [0.15, 0.2) is 5.60 Å². The van der Waals surface area contributed by atoms with E-state index >= 15 is 0 Å². The van der Waals surface area contributed by atoms with Crippen LogP contribution in [0.15, 0.2) is 24.4 Å². The summed E-state index contributed by atoms with van der Waals surface area (Å²) in [6.45, 7) is 2.72. The number of nitrogens with zero attached hydrogens (tertiary/aromatic N) is 1. The van der Waals surface area contributed by atoms with Crippen LogP contribution in [0.5, 0.6) is 5.88 Å². The van der Waals surface area contributed by atoms with Crippen molar-refractivity contribution in [2.45, 2.75) is 19.4 Å². The summed E-state index contributed by atoms with van der Waals surface area (Å²) in [7, 11) is 0. The summed E-state index contributed by atoms with van der Waals surface area (Å²) in [5.74, 6) is -0.527. The van der Waals surface area contributed by atoms with Gasteiger partial charge in [0.05, 0.1) is 0 Å². The molecule has 70 valence electrons. The zero-order valence-corrected chi connectivity index (χ0v) is 7.52. The van der Waals surface area contributed by atoms with Crippen molar-refractivity contribution < 1.29 is 14.6 Å². The molecule has 0 aliphatic rings. The minimum absolute atomic E-state index is 0.189. The maximum atomic E-state index is 11.1. The number of ether oxygens (including phenoxy) is 1. The quantitative estimate of drug-likeness (QED) is 0.684. The molecule has 0 atom stereocenters. The average Bonchev–Trinajstić information content (AvgIpc) is 2.04. The van der Waals surface area contributed by atoms with Gasteiger partial charge in [0.1, 0.15) is 0 Å². The van der Waals surface area contributed by atoms with Crippen molar-refractivity contribution in [3.8, 4) is 5.88 Å². The van der Waals surface area contributed by atoms with Crippen LogP contribution in [0.2, 0.25) is 0 Å². The van der Waals surface area contributed by atoms with Crippen LogP contribution in [0.1, 0.15) is 13.8 Å². The lowest BCUT2D eigenvalue weighted by Crippen LogP contribution is -2.35. The molecule has 0 bridgehead atoms. The summed E-state index contributed by atoms with van der Waals surface area (Å²) in [6.07, 6.45) is 1.51. The van der Waals surface area contributed by atoms with E-state index in [-0.39, 0.29) is 5.88 Å². The smallest absolute Gasteiger partial charge is 0.344 e. The SMILES string of the molecule is CC(C)(O)C(=O)Oc1ccccn1. The van der Waals surface area contributed by atoms with Gasteiger partial charge in [-0.3, -0.25) is 0 Å². The van der Waals surface area contributed by atoms with Crippen molar-refractivity contribution >= 4 is 5.97 Å². The van der Waals surface area contributed by atoms with E-state index in [1.54, 1.807) is 18.2 Å². The third-order valence-electron chi connectivity index (χ3n) is 1.33. The van der Waals surface area contributed by atoms with Crippen molar-refractivity contribution in [1.29, 1.82) is 0 Å². The molecule has 0 saturated carbocycles. The van der Waals surface area contributed by atoms with Gasteiger partial charge in [-0.2, -0.15) is 0 Å². The van der Waals surface area contributed by atoms with E-state index in [4.69, 9.17) is 4.74 Å². The molecule has 4 heteroatoms. The Kier molecular flexibility index (Phi) is 2.63. The number of carbonyl (C=O) groups excluding carboxylic acids is 1. The van der Waals surface area contributed by atoms with Crippen LogP contribution in [0.3, 0.4) is 0 Å². The highest BCUT2D eigenvalue weighted by molar-refractivity contribution is 5.80. The first-order chi connectivity index (χ1) is 6.00. The first-order valence-electron chi connectivity index (χ1n) is 3.86. The van der Waals surface area contributed by atoms with Crippen LogP contribution in [0, 0.1) is 0 Å². The highest BCUT2D eigenvalue weighted by Gasteiger charge is 2.26. The second-order valence-electron chi connectivity index (χ2n) is 3.12. The molecule has 0 aliphatic heterocycles. The molecule has 13 heavy (non-hydrogen) atoms. The third-order valence-corrected chi connectivity index (χ3v) is 1.33. The topological polar surface area (TPSA) is 59.4 Å². The van der Waals surface area contributed by atoms with Gasteiger partial charge in [-0.1, -0.05) is 6.07 Å². The molecule has 0 aromatic carbocycles. The molecule has 1 aromatic rings. The van der Waals surface area contributed by atoms with E-state index in [0.29, 0.717) is 0 Å². The molecule has 0 saturated heterocycles. The van der Waals surface area contributed by atoms with E-state index in [0.717, 1.165) is 0 Å². The second kappa shape index (κ2) is 3.53. The number of hydrogen-bond donors (Lipinski definition) is 1. The Balaban J connectivity index is 2.66. The number of aliphatic hydroxyl groups is 1. The molecule has 1 heterocycles. The monoisotopic (exact) mass is 181 g/mol. The molecule has 0 radical (unpaired) electrons.